The van der Waals surface area contributed by atoms with Crippen LogP contribution in [0.25, 0.3) is 0 Å². The van der Waals surface area contributed by atoms with Gasteiger partial charge >= 0.3 is 0 Å². The second-order valence-electron chi connectivity index (χ2n) is 6.40. The predicted octanol–water partition coefficient (Wildman–Crippen LogP) is 6.42. The van der Waals surface area contributed by atoms with Crippen LogP contribution in [0.2, 0.25) is 0 Å². The van der Waals surface area contributed by atoms with Gasteiger partial charge < -0.3 is 4.74 Å². The van der Waals surface area contributed by atoms with Crippen LogP contribution in [0.15, 0.2) is 12.7 Å². The first-order valence-electron chi connectivity index (χ1n) is 9.16. The minimum absolute atomic E-state index is 0.434. The monoisotopic (exact) mass is 280 g/mol. The number of ether oxygens (including phenoxy) is 1. The molecule has 1 unspecified atom stereocenters. The molecule has 0 aromatic rings. The van der Waals surface area contributed by atoms with Gasteiger partial charge in [-0.2, -0.15) is 0 Å². The summed E-state index contributed by atoms with van der Waals surface area (Å²) in [6, 6.07) is 0. The smallest absolute Gasteiger partial charge is 0.0609 e. The summed E-state index contributed by atoms with van der Waals surface area (Å²) in [6.45, 7) is 4.82. The third-order valence-corrected chi connectivity index (χ3v) is 4.45. The Labute approximate surface area is 127 Å². The Morgan fingerprint density at radius 1 is 0.700 bits per heavy atom. The van der Waals surface area contributed by atoms with Crippen molar-refractivity contribution in [2.45, 2.75) is 102 Å². The van der Waals surface area contributed by atoms with Gasteiger partial charge in [-0.05, 0) is 19.3 Å². The molecular formula is C19H36O. The average Bonchev–Trinajstić information content (AvgIpc) is 2.46. The van der Waals surface area contributed by atoms with Crippen molar-refractivity contribution in [1.29, 1.82) is 0 Å². The van der Waals surface area contributed by atoms with Crippen molar-refractivity contribution in [3.8, 4) is 0 Å². The van der Waals surface area contributed by atoms with E-state index in [-0.39, 0.29) is 0 Å². The Morgan fingerprint density at radius 2 is 1.15 bits per heavy atom. The van der Waals surface area contributed by atoms with E-state index in [1.54, 1.807) is 0 Å². The lowest BCUT2D eigenvalue weighted by Crippen LogP contribution is -2.13. The quantitative estimate of drug-likeness (QED) is 0.530. The third kappa shape index (κ3) is 10.5. The van der Waals surface area contributed by atoms with Crippen LogP contribution in [-0.2, 0) is 4.74 Å². The first kappa shape index (κ1) is 17.8. The van der Waals surface area contributed by atoms with Crippen molar-refractivity contribution in [3.05, 3.63) is 12.7 Å². The molecule has 1 atom stereocenters. The first-order valence-corrected chi connectivity index (χ1v) is 9.16. The fourth-order valence-electron chi connectivity index (χ4n) is 3.12. The zero-order valence-corrected chi connectivity index (χ0v) is 13.6. The average molecular weight is 280 g/mol. The normalized spacial score (nSPS) is 25.7. The zero-order valence-electron chi connectivity index (χ0n) is 13.6. The molecule has 0 aliphatic carbocycles. The van der Waals surface area contributed by atoms with Gasteiger partial charge in [0.2, 0.25) is 0 Å². The highest BCUT2D eigenvalue weighted by Crippen LogP contribution is 2.16. The van der Waals surface area contributed by atoms with Gasteiger partial charge in [-0.3, -0.25) is 0 Å². The fraction of sp³-hybridized carbons (Fsp3) is 0.895. The van der Waals surface area contributed by atoms with Gasteiger partial charge in [-0.1, -0.05) is 83.1 Å². The highest BCUT2D eigenvalue weighted by Gasteiger charge is 2.07. The first-order chi connectivity index (χ1) is 9.93. The lowest BCUT2D eigenvalue weighted by molar-refractivity contribution is 0.0451. The van der Waals surface area contributed by atoms with Crippen LogP contribution in [0, 0.1) is 0 Å². The van der Waals surface area contributed by atoms with E-state index in [1.165, 1.54) is 89.9 Å². The van der Waals surface area contributed by atoms with Gasteiger partial charge in [-0.25, -0.2) is 0 Å². The van der Waals surface area contributed by atoms with Crippen LogP contribution < -0.4 is 0 Å². The van der Waals surface area contributed by atoms with Crippen LogP contribution in [0.3, 0.4) is 0 Å². The second-order valence-corrected chi connectivity index (χ2v) is 6.40. The summed E-state index contributed by atoms with van der Waals surface area (Å²) < 4.78 is 6.04. The lowest BCUT2D eigenvalue weighted by Gasteiger charge is -2.16. The zero-order chi connectivity index (χ0) is 14.3. The van der Waals surface area contributed by atoms with Crippen LogP contribution in [0.5, 0.6) is 0 Å². The van der Waals surface area contributed by atoms with E-state index in [0.717, 1.165) is 13.0 Å². The summed E-state index contributed by atoms with van der Waals surface area (Å²) in [7, 11) is 0. The number of hydrogen-bond donors (Lipinski definition) is 0. The van der Waals surface area contributed by atoms with Gasteiger partial charge in [0.05, 0.1) is 6.10 Å². The largest absolute Gasteiger partial charge is 0.378 e. The molecule has 1 fully saturated rings. The van der Waals surface area contributed by atoms with E-state index >= 15 is 0 Å². The molecule has 0 radical (unpaired) electrons. The molecule has 118 valence electrons. The summed E-state index contributed by atoms with van der Waals surface area (Å²) in [6.07, 6.45) is 23.0. The van der Waals surface area contributed by atoms with Crippen molar-refractivity contribution < 1.29 is 4.74 Å². The number of rotatable bonds is 2. The Morgan fingerprint density at radius 3 is 1.65 bits per heavy atom. The van der Waals surface area contributed by atoms with Crippen LogP contribution in [0.1, 0.15) is 96.3 Å². The maximum absolute atomic E-state index is 6.04. The molecule has 0 spiro atoms. The second kappa shape index (κ2) is 13.7. The summed E-state index contributed by atoms with van der Waals surface area (Å²) in [5.74, 6) is 0. The van der Waals surface area contributed by atoms with Crippen molar-refractivity contribution >= 4 is 0 Å². The van der Waals surface area contributed by atoms with E-state index in [9.17, 15) is 0 Å². The molecule has 0 aromatic heterocycles. The van der Waals surface area contributed by atoms with Gasteiger partial charge in [0, 0.05) is 6.61 Å². The Balaban J connectivity index is 2.21. The van der Waals surface area contributed by atoms with Crippen molar-refractivity contribution in [2.75, 3.05) is 6.61 Å². The minimum Gasteiger partial charge on any atom is -0.378 e. The molecule has 0 aromatic carbocycles. The van der Waals surface area contributed by atoms with Crippen molar-refractivity contribution in [2.24, 2.45) is 0 Å². The molecule has 1 heteroatoms. The summed E-state index contributed by atoms with van der Waals surface area (Å²) in [5.41, 5.74) is 0. The molecule has 1 heterocycles. The maximum Gasteiger partial charge on any atom is 0.0609 e. The highest BCUT2D eigenvalue weighted by atomic mass is 16.5. The van der Waals surface area contributed by atoms with Gasteiger partial charge in [0.15, 0.2) is 0 Å². The van der Waals surface area contributed by atoms with Gasteiger partial charge in [0.25, 0.3) is 0 Å². The topological polar surface area (TPSA) is 9.23 Å². The highest BCUT2D eigenvalue weighted by molar-refractivity contribution is 4.73. The van der Waals surface area contributed by atoms with E-state index in [0.29, 0.717) is 6.10 Å². The molecule has 0 bridgehead atoms. The van der Waals surface area contributed by atoms with Crippen molar-refractivity contribution in [1.82, 2.24) is 0 Å². The van der Waals surface area contributed by atoms with Gasteiger partial charge in [-0.15, -0.1) is 6.58 Å². The minimum atomic E-state index is 0.434. The Bertz CT molecular complexity index is 194. The van der Waals surface area contributed by atoms with Gasteiger partial charge in [0.1, 0.15) is 0 Å². The molecule has 0 amide bonds. The molecule has 1 aliphatic heterocycles. The molecule has 1 aliphatic rings. The van der Waals surface area contributed by atoms with Crippen LogP contribution in [-0.4, -0.2) is 12.7 Å². The molecule has 20 heavy (non-hydrogen) atoms. The molecule has 1 saturated heterocycles. The van der Waals surface area contributed by atoms with Crippen molar-refractivity contribution in [3.63, 3.8) is 0 Å². The van der Waals surface area contributed by atoms with Crippen LogP contribution in [0.4, 0.5) is 0 Å². The van der Waals surface area contributed by atoms with E-state index < -0.39 is 0 Å². The maximum atomic E-state index is 6.04. The van der Waals surface area contributed by atoms with E-state index in [1.807, 2.05) is 6.08 Å². The fourth-order valence-corrected chi connectivity index (χ4v) is 3.12. The predicted molar refractivity (Wildman–Crippen MR) is 89.2 cm³/mol. The molecule has 0 N–H and O–H groups in total. The Hall–Kier alpha value is -0.300. The number of hydrogen-bond acceptors (Lipinski definition) is 1. The Kier molecular flexibility index (Phi) is 12.1. The van der Waals surface area contributed by atoms with Crippen LogP contribution >= 0.6 is 0 Å². The lowest BCUT2D eigenvalue weighted by atomic mass is 10.0. The molecule has 0 saturated carbocycles. The summed E-state index contributed by atoms with van der Waals surface area (Å²) >= 11 is 0. The molecule has 1 nitrogen and oxygen atoms in total. The van der Waals surface area contributed by atoms with E-state index in [2.05, 4.69) is 6.58 Å². The molecule has 1 rings (SSSR count). The third-order valence-electron chi connectivity index (χ3n) is 4.45. The standard InChI is InChI=1S/C19H36O/c1-2-16-19-17-14-12-10-8-6-4-3-5-7-9-11-13-15-18-20-19/h2,19H,1,3-18H2. The summed E-state index contributed by atoms with van der Waals surface area (Å²) in [5, 5.41) is 0. The molecular weight excluding hydrogens is 244 g/mol. The summed E-state index contributed by atoms with van der Waals surface area (Å²) in [4.78, 5) is 0. The van der Waals surface area contributed by atoms with E-state index in [4.69, 9.17) is 4.74 Å². The SMILES string of the molecule is C=CCC1CCCCCCCCCCCCCCCO1.